The summed E-state index contributed by atoms with van der Waals surface area (Å²) in [5, 5.41) is 0. The first kappa shape index (κ1) is 20.5. The van der Waals surface area contributed by atoms with E-state index in [1.165, 1.54) is 38.4 Å². The van der Waals surface area contributed by atoms with Crippen LogP contribution < -0.4 is 4.90 Å². The molecule has 0 N–H and O–H groups in total. The molecule has 2 aliphatic rings. The predicted molar refractivity (Wildman–Crippen MR) is 119 cm³/mol. The van der Waals surface area contributed by atoms with E-state index in [4.69, 9.17) is 24.4 Å². The zero-order chi connectivity index (χ0) is 18.6. The Morgan fingerprint density at radius 3 is 2.00 bits per heavy atom. The SMILES string of the molecule is CN(C)C(=S)SSC(=S)N(C)C.O=C1CCc2cccc3c2N1CC3. The van der Waals surface area contributed by atoms with Gasteiger partial charge in [0, 0.05) is 41.2 Å². The second-order valence-electron chi connectivity index (χ2n) is 6.21. The molecule has 1 aromatic carbocycles. The summed E-state index contributed by atoms with van der Waals surface area (Å²) in [4.78, 5) is 17.3. The molecule has 0 saturated heterocycles. The monoisotopic (exact) mass is 413 g/mol. The molecule has 3 rings (SSSR count). The summed E-state index contributed by atoms with van der Waals surface area (Å²) >= 11 is 10.1. The van der Waals surface area contributed by atoms with Gasteiger partial charge in [-0.25, -0.2) is 0 Å². The van der Waals surface area contributed by atoms with Crippen LogP contribution in [0.1, 0.15) is 17.5 Å². The molecule has 0 aliphatic carbocycles. The van der Waals surface area contributed by atoms with Gasteiger partial charge in [0.2, 0.25) is 5.91 Å². The van der Waals surface area contributed by atoms with E-state index in [9.17, 15) is 4.79 Å². The Kier molecular flexibility index (Phi) is 7.54. The minimum atomic E-state index is 0.303. The molecule has 2 heterocycles. The highest BCUT2D eigenvalue weighted by atomic mass is 33.1. The van der Waals surface area contributed by atoms with Gasteiger partial charge in [0.1, 0.15) is 8.64 Å². The Bertz CT molecular complexity index is 656. The fraction of sp³-hybridized carbons (Fsp3) is 0.471. The zero-order valence-electron chi connectivity index (χ0n) is 14.9. The van der Waals surface area contributed by atoms with Gasteiger partial charge in [-0.2, -0.15) is 0 Å². The Morgan fingerprint density at radius 2 is 1.48 bits per heavy atom. The van der Waals surface area contributed by atoms with Gasteiger partial charge in [0.05, 0.1) is 5.69 Å². The number of anilines is 1. The van der Waals surface area contributed by atoms with Crippen molar-refractivity contribution < 1.29 is 4.79 Å². The number of aryl methyl sites for hydroxylation is 1. The van der Waals surface area contributed by atoms with E-state index in [2.05, 4.69) is 18.2 Å². The molecule has 25 heavy (non-hydrogen) atoms. The highest BCUT2D eigenvalue weighted by Gasteiger charge is 2.30. The molecule has 2 aliphatic heterocycles. The number of benzene rings is 1. The number of rotatable bonds is 0. The van der Waals surface area contributed by atoms with Crippen LogP contribution in [-0.4, -0.2) is 59.1 Å². The lowest BCUT2D eigenvalue weighted by atomic mass is 10.00. The van der Waals surface area contributed by atoms with Crippen molar-refractivity contribution >= 4 is 66.3 Å². The first-order chi connectivity index (χ1) is 11.8. The molecule has 0 bridgehead atoms. The molecule has 0 spiro atoms. The summed E-state index contributed by atoms with van der Waals surface area (Å²) in [5.41, 5.74) is 3.93. The lowest BCUT2D eigenvalue weighted by Gasteiger charge is -2.24. The Balaban J connectivity index is 0.000000182. The van der Waals surface area contributed by atoms with Crippen molar-refractivity contribution in [2.45, 2.75) is 19.3 Å². The first-order valence-electron chi connectivity index (χ1n) is 7.99. The van der Waals surface area contributed by atoms with Crippen molar-refractivity contribution in [1.82, 2.24) is 9.80 Å². The van der Waals surface area contributed by atoms with E-state index in [0.29, 0.717) is 12.3 Å². The average molecular weight is 414 g/mol. The van der Waals surface area contributed by atoms with Gasteiger partial charge in [-0.05, 0) is 45.6 Å². The van der Waals surface area contributed by atoms with Gasteiger partial charge in [-0.1, -0.05) is 42.6 Å². The minimum Gasteiger partial charge on any atom is -0.363 e. The number of amides is 1. The smallest absolute Gasteiger partial charge is 0.227 e. The maximum absolute atomic E-state index is 11.5. The summed E-state index contributed by atoms with van der Waals surface area (Å²) in [6.07, 6.45) is 2.66. The molecule has 0 fully saturated rings. The molecule has 4 nitrogen and oxygen atoms in total. The maximum atomic E-state index is 11.5. The molecule has 1 aromatic rings. The van der Waals surface area contributed by atoms with Crippen LogP contribution in [-0.2, 0) is 17.6 Å². The molecule has 1 amide bonds. The number of hydrogen-bond acceptors (Lipinski definition) is 5. The third-order valence-corrected chi connectivity index (χ3v) is 8.06. The van der Waals surface area contributed by atoms with Crippen molar-refractivity contribution in [3.05, 3.63) is 29.3 Å². The van der Waals surface area contributed by atoms with Crippen molar-refractivity contribution in [2.24, 2.45) is 0 Å². The van der Waals surface area contributed by atoms with E-state index in [1.807, 2.05) is 42.9 Å². The number of nitrogens with zero attached hydrogens (tertiary/aromatic N) is 3. The highest BCUT2D eigenvalue weighted by Crippen LogP contribution is 2.36. The summed E-state index contributed by atoms with van der Waals surface area (Å²) in [5.74, 6) is 0.303. The average Bonchev–Trinajstić information content (AvgIpc) is 3.02. The largest absolute Gasteiger partial charge is 0.363 e. The van der Waals surface area contributed by atoms with E-state index < -0.39 is 0 Å². The van der Waals surface area contributed by atoms with Crippen LogP contribution in [0.2, 0.25) is 0 Å². The Morgan fingerprint density at radius 1 is 0.960 bits per heavy atom. The minimum absolute atomic E-state index is 0.303. The van der Waals surface area contributed by atoms with Crippen LogP contribution in [0, 0.1) is 0 Å². The molecule has 0 aromatic heterocycles. The lowest BCUT2D eigenvalue weighted by Crippen LogP contribution is -2.32. The number of carbonyl (C=O) groups excluding carboxylic acids is 1. The van der Waals surface area contributed by atoms with Crippen LogP contribution >= 0.6 is 46.0 Å². The van der Waals surface area contributed by atoms with E-state index in [1.54, 1.807) is 0 Å². The summed E-state index contributed by atoms with van der Waals surface area (Å²) < 4.78 is 1.67. The first-order valence-corrected chi connectivity index (χ1v) is 11.0. The molecule has 0 radical (unpaired) electrons. The predicted octanol–water partition coefficient (Wildman–Crippen LogP) is 3.58. The third kappa shape index (κ3) is 5.32. The van der Waals surface area contributed by atoms with E-state index in [-0.39, 0.29) is 0 Å². The standard InChI is InChI=1S/C11H11NO.C6H12N2S4/c13-10-5-4-8-2-1-3-9-6-7-12(10)11(8)9;1-7(2)5(9)11-12-6(10)8(3)4/h1-3H,4-7H2;1-4H3. The van der Waals surface area contributed by atoms with Crippen LogP contribution in [0.3, 0.4) is 0 Å². The second kappa shape index (κ2) is 9.21. The number of para-hydroxylation sites is 1. The number of hydrogen-bond donors (Lipinski definition) is 0. The zero-order valence-corrected chi connectivity index (χ0v) is 18.2. The van der Waals surface area contributed by atoms with E-state index >= 15 is 0 Å². The van der Waals surface area contributed by atoms with Gasteiger partial charge in [-0.15, -0.1) is 0 Å². The van der Waals surface area contributed by atoms with Crippen molar-refractivity contribution in [3.63, 3.8) is 0 Å². The van der Waals surface area contributed by atoms with Crippen molar-refractivity contribution in [1.29, 1.82) is 0 Å². The lowest BCUT2D eigenvalue weighted by molar-refractivity contribution is -0.118. The molecular weight excluding hydrogens is 390 g/mol. The topological polar surface area (TPSA) is 26.8 Å². The van der Waals surface area contributed by atoms with Crippen LogP contribution in [0.4, 0.5) is 5.69 Å². The quantitative estimate of drug-likeness (QED) is 0.474. The number of thiocarbonyl (C=S) groups is 2. The normalized spacial score (nSPS) is 14.4. The van der Waals surface area contributed by atoms with Gasteiger partial charge in [-0.3, -0.25) is 4.79 Å². The summed E-state index contributed by atoms with van der Waals surface area (Å²) in [7, 11) is 10.7. The molecule has 8 heteroatoms. The van der Waals surface area contributed by atoms with Gasteiger partial charge < -0.3 is 14.7 Å². The van der Waals surface area contributed by atoms with Crippen molar-refractivity contribution in [3.8, 4) is 0 Å². The van der Waals surface area contributed by atoms with Crippen molar-refractivity contribution in [2.75, 3.05) is 39.6 Å². The molecule has 0 saturated carbocycles. The van der Waals surface area contributed by atoms with E-state index in [0.717, 1.165) is 28.0 Å². The van der Waals surface area contributed by atoms with Gasteiger partial charge >= 0.3 is 0 Å². The fourth-order valence-corrected chi connectivity index (χ4v) is 4.96. The number of carbonyl (C=O) groups is 1. The summed E-state index contributed by atoms with van der Waals surface area (Å²) in [6, 6.07) is 6.38. The van der Waals surface area contributed by atoms with Gasteiger partial charge in [0.15, 0.2) is 0 Å². The second-order valence-corrected chi connectivity index (χ2v) is 9.60. The fourth-order valence-electron chi connectivity index (χ4n) is 2.59. The molecule has 136 valence electrons. The highest BCUT2D eigenvalue weighted by molar-refractivity contribution is 8.89. The maximum Gasteiger partial charge on any atom is 0.227 e. The Labute approximate surface area is 168 Å². The molecular formula is C17H23N3OS4. The third-order valence-electron chi connectivity index (χ3n) is 3.90. The molecule has 0 atom stereocenters. The van der Waals surface area contributed by atoms with Crippen LogP contribution in [0.5, 0.6) is 0 Å². The van der Waals surface area contributed by atoms with Crippen LogP contribution in [0.25, 0.3) is 0 Å². The Hall–Kier alpha value is -0.830. The van der Waals surface area contributed by atoms with Crippen LogP contribution in [0.15, 0.2) is 18.2 Å². The van der Waals surface area contributed by atoms with Gasteiger partial charge in [0.25, 0.3) is 0 Å². The summed E-state index contributed by atoms with van der Waals surface area (Å²) in [6.45, 7) is 0.894. The molecule has 0 unspecified atom stereocenters.